The molecule has 0 spiro atoms. The number of fused-ring (bicyclic) bond motifs is 1. The van der Waals surface area contributed by atoms with Crippen LogP contribution in [0.3, 0.4) is 0 Å². The van der Waals surface area contributed by atoms with Gasteiger partial charge in [-0.3, -0.25) is 20.6 Å². The Hall–Kier alpha value is -2.99. The first-order valence-electron chi connectivity index (χ1n) is 8.33. The minimum absolute atomic E-state index is 0.0251. The van der Waals surface area contributed by atoms with Crippen LogP contribution in [0.25, 0.3) is 10.9 Å². The average molecular weight is 364 g/mol. The number of amides is 1. The largest absolute Gasteiger partial charge is 0.355 e. The molecule has 0 radical (unpaired) electrons. The van der Waals surface area contributed by atoms with E-state index in [1.165, 1.54) is 0 Å². The monoisotopic (exact) mass is 364 g/mol. The number of benzene rings is 2. The van der Waals surface area contributed by atoms with E-state index in [0.717, 1.165) is 22.2 Å². The van der Waals surface area contributed by atoms with Crippen molar-refractivity contribution in [2.45, 2.75) is 19.9 Å². The van der Waals surface area contributed by atoms with Crippen LogP contribution in [0.15, 0.2) is 60.7 Å². The summed E-state index contributed by atoms with van der Waals surface area (Å²) in [6, 6.07) is 19.3. The van der Waals surface area contributed by atoms with Gasteiger partial charge < -0.3 is 5.32 Å². The second kappa shape index (κ2) is 7.93. The van der Waals surface area contributed by atoms with Gasteiger partial charge in [-0.05, 0) is 43.8 Å². The summed E-state index contributed by atoms with van der Waals surface area (Å²) < 4.78 is 0. The number of aromatic nitrogens is 1. The van der Waals surface area contributed by atoms with E-state index < -0.39 is 0 Å². The smallest absolute Gasteiger partial charge is 0.270 e. The third-order valence-corrected chi connectivity index (χ3v) is 4.25. The van der Waals surface area contributed by atoms with Gasteiger partial charge in [0.25, 0.3) is 5.91 Å². The Morgan fingerprint density at radius 3 is 2.50 bits per heavy atom. The number of aryl methyl sites for hydroxylation is 1. The van der Waals surface area contributed by atoms with Crippen molar-refractivity contribution in [1.29, 1.82) is 0 Å². The predicted molar refractivity (Wildman–Crippen MR) is 108 cm³/mol. The molecule has 3 N–H and O–H groups in total. The Labute approximate surface area is 157 Å². The lowest BCUT2D eigenvalue weighted by molar-refractivity contribution is 0.0945. The molecule has 0 fully saturated rings. The molecule has 3 aromatic rings. The van der Waals surface area contributed by atoms with Gasteiger partial charge in [-0.2, -0.15) is 0 Å². The number of nitrogens with zero attached hydrogens (tertiary/aromatic N) is 1. The van der Waals surface area contributed by atoms with Crippen molar-refractivity contribution >= 4 is 34.1 Å². The summed E-state index contributed by atoms with van der Waals surface area (Å²) in [4.78, 5) is 17.0. The molecular weight excluding hydrogens is 344 g/mol. The number of thiocarbonyl (C=S) groups is 1. The molecule has 0 saturated carbocycles. The number of nitrogens with one attached hydrogen (secondary N) is 3. The highest BCUT2D eigenvalue weighted by Crippen LogP contribution is 2.18. The molecule has 26 heavy (non-hydrogen) atoms. The SMILES string of the molecule is Cc1cc(C(=O)NNC(=S)N[C@@H](C)c2ccccc2)c2ccccc2n1. The minimum Gasteiger partial charge on any atom is -0.355 e. The lowest BCUT2D eigenvalue weighted by Gasteiger charge is -2.18. The molecule has 0 unspecified atom stereocenters. The molecule has 0 aliphatic carbocycles. The van der Waals surface area contributed by atoms with Crippen molar-refractivity contribution in [3.8, 4) is 0 Å². The van der Waals surface area contributed by atoms with Crippen LogP contribution in [0.5, 0.6) is 0 Å². The number of para-hydroxylation sites is 1. The van der Waals surface area contributed by atoms with Crippen LogP contribution in [0.4, 0.5) is 0 Å². The zero-order valence-corrected chi connectivity index (χ0v) is 15.4. The second-order valence-corrected chi connectivity index (χ2v) is 6.42. The zero-order chi connectivity index (χ0) is 18.5. The molecule has 0 saturated heterocycles. The maximum atomic E-state index is 12.6. The first kappa shape index (κ1) is 17.8. The zero-order valence-electron chi connectivity index (χ0n) is 14.6. The third kappa shape index (κ3) is 4.15. The van der Waals surface area contributed by atoms with Gasteiger partial charge in [0.2, 0.25) is 0 Å². The fraction of sp³-hybridized carbons (Fsp3) is 0.150. The minimum atomic E-state index is -0.261. The molecule has 0 aliphatic rings. The summed E-state index contributed by atoms with van der Waals surface area (Å²) in [6.45, 7) is 3.87. The highest BCUT2D eigenvalue weighted by Gasteiger charge is 2.12. The van der Waals surface area contributed by atoms with Crippen molar-refractivity contribution in [1.82, 2.24) is 21.2 Å². The average Bonchev–Trinajstić information content (AvgIpc) is 2.66. The first-order chi connectivity index (χ1) is 12.5. The van der Waals surface area contributed by atoms with Crippen LogP contribution in [0, 0.1) is 6.92 Å². The topological polar surface area (TPSA) is 66.1 Å². The molecule has 6 heteroatoms. The predicted octanol–water partition coefficient (Wildman–Crippen LogP) is 3.41. The van der Waals surface area contributed by atoms with E-state index in [1.54, 1.807) is 6.07 Å². The van der Waals surface area contributed by atoms with Crippen molar-refractivity contribution in [3.05, 3.63) is 77.5 Å². The fourth-order valence-corrected chi connectivity index (χ4v) is 2.96. The van der Waals surface area contributed by atoms with Crippen LogP contribution < -0.4 is 16.2 Å². The summed E-state index contributed by atoms with van der Waals surface area (Å²) in [5.41, 5.74) is 8.66. The van der Waals surface area contributed by atoms with Crippen LogP contribution in [0.1, 0.15) is 34.6 Å². The summed E-state index contributed by atoms with van der Waals surface area (Å²) in [6.07, 6.45) is 0. The first-order valence-corrected chi connectivity index (χ1v) is 8.73. The third-order valence-electron chi connectivity index (χ3n) is 4.03. The highest BCUT2D eigenvalue weighted by molar-refractivity contribution is 7.80. The maximum Gasteiger partial charge on any atom is 0.270 e. The van der Waals surface area contributed by atoms with Gasteiger partial charge in [0.1, 0.15) is 0 Å². The van der Waals surface area contributed by atoms with Crippen molar-refractivity contribution < 1.29 is 4.79 Å². The van der Waals surface area contributed by atoms with Gasteiger partial charge >= 0.3 is 0 Å². The standard InChI is InChI=1S/C20H20N4OS/c1-13-12-17(16-10-6-7-11-18(16)21-13)19(25)23-24-20(26)22-14(2)15-8-4-3-5-9-15/h3-12,14H,1-2H3,(H,23,25)(H2,22,24,26)/t14-/m0/s1. The molecule has 2 aromatic carbocycles. The molecular formula is C20H20N4OS. The number of hydrazine groups is 1. The number of pyridine rings is 1. The lowest BCUT2D eigenvalue weighted by atomic mass is 10.1. The van der Waals surface area contributed by atoms with Gasteiger partial charge in [-0.15, -0.1) is 0 Å². The Morgan fingerprint density at radius 1 is 1.04 bits per heavy atom. The number of rotatable bonds is 3. The quantitative estimate of drug-likeness (QED) is 0.491. The summed E-state index contributed by atoms with van der Waals surface area (Å²) in [5.74, 6) is -0.261. The summed E-state index contributed by atoms with van der Waals surface area (Å²) >= 11 is 5.27. The Morgan fingerprint density at radius 2 is 1.73 bits per heavy atom. The number of hydrogen-bond donors (Lipinski definition) is 3. The molecule has 0 aliphatic heterocycles. The van der Waals surface area contributed by atoms with Crippen LogP contribution >= 0.6 is 12.2 Å². The number of carbonyl (C=O) groups is 1. The molecule has 132 valence electrons. The number of hydrogen-bond acceptors (Lipinski definition) is 3. The summed E-state index contributed by atoms with van der Waals surface area (Å²) in [5, 5.41) is 4.30. The second-order valence-electron chi connectivity index (χ2n) is 6.01. The Balaban J connectivity index is 1.65. The summed E-state index contributed by atoms with van der Waals surface area (Å²) in [7, 11) is 0. The van der Waals surface area contributed by atoms with Gasteiger partial charge in [0.15, 0.2) is 5.11 Å². The van der Waals surface area contributed by atoms with Crippen molar-refractivity contribution in [3.63, 3.8) is 0 Å². The van der Waals surface area contributed by atoms with E-state index in [0.29, 0.717) is 10.7 Å². The van der Waals surface area contributed by atoms with Crippen molar-refractivity contribution in [2.24, 2.45) is 0 Å². The number of carbonyl (C=O) groups excluding carboxylic acids is 1. The molecule has 1 aromatic heterocycles. The molecule has 1 amide bonds. The Kier molecular flexibility index (Phi) is 5.43. The van der Waals surface area contributed by atoms with E-state index in [-0.39, 0.29) is 11.9 Å². The lowest BCUT2D eigenvalue weighted by Crippen LogP contribution is -2.47. The van der Waals surface area contributed by atoms with Crippen LogP contribution in [-0.2, 0) is 0 Å². The van der Waals surface area contributed by atoms with Gasteiger partial charge in [-0.25, -0.2) is 0 Å². The van der Waals surface area contributed by atoms with E-state index >= 15 is 0 Å². The van der Waals surface area contributed by atoms with Gasteiger partial charge in [0, 0.05) is 11.1 Å². The maximum absolute atomic E-state index is 12.6. The van der Waals surface area contributed by atoms with Crippen LogP contribution in [-0.4, -0.2) is 16.0 Å². The van der Waals surface area contributed by atoms with E-state index in [2.05, 4.69) is 21.2 Å². The van der Waals surface area contributed by atoms with Gasteiger partial charge in [0.05, 0.1) is 17.1 Å². The fourth-order valence-electron chi connectivity index (χ4n) is 2.73. The van der Waals surface area contributed by atoms with E-state index in [9.17, 15) is 4.79 Å². The molecule has 1 atom stereocenters. The molecule has 3 rings (SSSR count). The molecule has 0 bridgehead atoms. The van der Waals surface area contributed by atoms with E-state index in [4.69, 9.17) is 12.2 Å². The van der Waals surface area contributed by atoms with Crippen molar-refractivity contribution in [2.75, 3.05) is 0 Å². The molecule has 5 nitrogen and oxygen atoms in total. The Bertz CT molecular complexity index is 943. The van der Waals surface area contributed by atoms with E-state index in [1.807, 2.05) is 68.4 Å². The highest BCUT2D eigenvalue weighted by atomic mass is 32.1. The molecule has 1 heterocycles. The van der Waals surface area contributed by atoms with Gasteiger partial charge in [-0.1, -0.05) is 48.5 Å². The normalized spacial score (nSPS) is 11.6. The van der Waals surface area contributed by atoms with Crippen LogP contribution in [0.2, 0.25) is 0 Å².